The zero-order valence-corrected chi connectivity index (χ0v) is 15.6. The molecular formula is C21H25N5O. The van der Waals surface area contributed by atoms with Crippen molar-refractivity contribution in [1.29, 1.82) is 0 Å². The molecule has 0 spiro atoms. The van der Waals surface area contributed by atoms with E-state index in [-0.39, 0.29) is 5.91 Å². The molecule has 1 aromatic carbocycles. The highest BCUT2D eigenvalue weighted by Gasteiger charge is 2.25. The van der Waals surface area contributed by atoms with Crippen LogP contribution in [0.1, 0.15) is 37.1 Å². The highest BCUT2D eigenvalue weighted by atomic mass is 16.2. The molecule has 1 aliphatic rings. The molecule has 0 saturated carbocycles. The lowest BCUT2D eigenvalue weighted by Gasteiger charge is -2.30. The average molecular weight is 363 g/mol. The fourth-order valence-corrected chi connectivity index (χ4v) is 3.76. The van der Waals surface area contributed by atoms with Gasteiger partial charge in [-0.3, -0.25) is 14.1 Å². The Morgan fingerprint density at radius 3 is 2.81 bits per heavy atom. The lowest BCUT2D eigenvalue weighted by molar-refractivity contribution is -0.117. The largest absolute Gasteiger partial charge is 0.325 e. The van der Waals surface area contributed by atoms with E-state index in [9.17, 15) is 4.79 Å². The number of nitrogens with one attached hydrogen (secondary N) is 1. The minimum Gasteiger partial charge on any atom is -0.325 e. The first-order valence-corrected chi connectivity index (χ1v) is 9.63. The van der Waals surface area contributed by atoms with Crippen molar-refractivity contribution in [3.05, 3.63) is 60.0 Å². The molecule has 4 rings (SSSR count). The van der Waals surface area contributed by atoms with Gasteiger partial charge < -0.3 is 5.32 Å². The van der Waals surface area contributed by atoms with Crippen LogP contribution in [0.15, 0.2) is 48.7 Å². The Kier molecular flexibility index (Phi) is 5.16. The van der Waals surface area contributed by atoms with Gasteiger partial charge in [-0.15, -0.1) is 10.2 Å². The smallest absolute Gasteiger partial charge is 0.238 e. The zero-order chi connectivity index (χ0) is 18.6. The molecule has 1 saturated heterocycles. The van der Waals surface area contributed by atoms with Crippen molar-refractivity contribution in [3.63, 3.8) is 0 Å². The number of aryl methyl sites for hydroxylation is 1. The molecule has 1 amide bonds. The second-order valence-electron chi connectivity index (χ2n) is 7.14. The number of rotatable bonds is 5. The van der Waals surface area contributed by atoms with Gasteiger partial charge in [0.05, 0.1) is 6.54 Å². The monoisotopic (exact) mass is 363 g/mol. The number of nitrogens with zero attached hydrogens (tertiary/aromatic N) is 4. The summed E-state index contributed by atoms with van der Waals surface area (Å²) < 4.78 is 2.08. The first kappa shape index (κ1) is 17.7. The predicted octanol–water partition coefficient (Wildman–Crippen LogP) is 3.11. The zero-order valence-electron chi connectivity index (χ0n) is 15.6. The van der Waals surface area contributed by atoms with Crippen LogP contribution < -0.4 is 5.32 Å². The van der Waals surface area contributed by atoms with Crippen molar-refractivity contribution in [1.82, 2.24) is 19.5 Å². The number of anilines is 1. The maximum absolute atomic E-state index is 12.4. The van der Waals surface area contributed by atoms with Crippen molar-refractivity contribution in [2.45, 2.75) is 32.1 Å². The van der Waals surface area contributed by atoms with Crippen LogP contribution in [0.3, 0.4) is 0 Å². The fourth-order valence-electron chi connectivity index (χ4n) is 3.76. The first-order valence-electron chi connectivity index (χ1n) is 9.63. The van der Waals surface area contributed by atoms with Crippen molar-refractivity contribution in [2.24, 2.45) is 0 Å². The van der Waals surface area contributed by atoms with Gasteiger partial charge in [0.1, 0.15) is 5.82 Å². The third-order valence-corrected chi connectivity index (χ3v) is 5.28. The van der Waals surface area contributed by atoms with Crippen LogP contribution >= 0.6 is 0 Å². The van der Waals surface area contributed by atoms with E-state index in [1.165, 1.54) is 5.56 Å². The van der Waals surface area contributed by atoms with E-state index in [1.807, 2.05) is 42.6 Å². The Morgan fingerprint density at radius 1 is 1.15 bits per heavy atom. The summed E-state index contributed by atoms with van der Waals surface area (Å²) in [6, 6.07) is 14.0. The quantitative estimate of drug-likeness (QED) is 0.757. The summed E-state index contributed by atoms with van der Waals surface area (Å²) in [6.07, 6.45) is 4.98. The van der Waals surface area contributed by atoms with Crippen LogP contribution in [0.2, 0.25) is 0 Å². The summed E-state index contributed by atoms with van der Waals surface area (Å²) in [5.74, 6) is 1.48. The van der Waals surface area contributed by atoms with Gasteiger partial charge in [-0.05, 0) is 62.2 Å². The Labute approximate surface area is 159 Å². The molecule has 6 heteroatoms. The number of pyridine rings is 1. The molecule has 0 atom stereocenters. The van der Waals surface area contributed by atoms with Crippen molar-refractivity contribution >= 4 is 17.2 Å². The van der Waals surface area contributed by atoms with Gasteiger partial charge in [0.25, 0.3) is 0 Å². The molecule has 27 heavy (non-hydrogen) atoms. The molecule has 3 aromatic rings. The topological polar surface area (TPSA) is 62.5 Å². The van der Waals surface area contributed by atoms with Gasteiger partial charge in [-0.2, -0.15) is 0 Å². The summed E-state index contributed by atoms with van der Waals surface area (Å²) >= 11 is 0. The maximum atomic E-state index is 12.4. The van der Waals surface area contributed by atoms with E-state index in [0.29, 0.717) is 12.5 Å². The number of benzene rings is 1. The number of aromatic nitrogens is 3. The highest BCUT2D eigenvalue weighted by molar-refractivity contribution is 5.92. The van der Waals surface area contributed by atoms with Gasteiger partial charge in [-0.25, -0.2) is 0 Å². The molecule has 140 valence electrons. The van der Waals surface area contributed by atoms with Gasteiger partial charge in [-0.1, -0.05) is 25.1 Å². The summed E-state index contributed by atoms with van der Waals surface area (Å²) in [6.45, 7) is 4.34. The van der Waals surface area contributed by atoms with Crippen LogP contribution in [0.4, 0.5) is 5.69 Å². The SMILES string of the molecule is CCc1cccc(NC(=O)CN2CCC(c3nnc4ccccn34)CC2)c1. The molecule has 1 aliphatic heterocycles. The maximum Gasteiger partial charge on any atom is 0.238 e. The second kappa shape index (κ2) is 7.88. The van der Waals surface area contributed by atoms with Gasteiger partial charge in [0.15, 0.2) is 5.65 Å². The summed E-state index contributed by atoms with van der Waals surface area (Å²) in [7, 11) is 0. The first-order chi connectivity index (χ1) is 13.2. The summed E-state index contributed by atoms with van der Waals surface area (Å²) in [4.78, 5) is 14.6. The summed E-state index contributed by atoms with van der Waals surface area (Å²) in [5.41, 5.74) is 3.00. The fraction of sp³-hybridized carbons (Fsp3) is 0.381. The van der Waals surface area contributed by atoms with Crippen LogP contribution in [0.5, 0.6) is 0 Å². The number of hydrogen-bond donors (Lipinski definition) is 1. The molecule has 0 unspecified atom stereocenters. The molecule has 1 fully saturated rings. The number of hydrogen-bond acceptors (Lipinski definition) is 4. The minimum absolute atomic E-state index is 0.0506. The Hall–Kier alpha value is -2.73. The molecule has 1 N–H and O–H groups in total. The molecular weight excluding hydrogens is 338 g/mol. The van der Waals surface area contributed by atoms with E-state index in [2.05, 4.69) is 37.8 Å². The van der Waals surface area contributed by atoms with Gasteiger partial charge in [0.2, 0.25) is 5.91 Å². The van der Waals surface area contributed by atoms with E-state index >= 15 is 0 Å². The average Bonchev–Trinajstić information content (AvgIpc) is 3.13. The number of carbonyl (C=O) groups excluding carboxylic acids is 1. The van der Waals surface area contributed by atoms with Crippen molar-refractivity contribution < 1.29 is 4.79 Å². The Balaban J connectivity index is 1.32. The van der Waals surface area contributed by atoms with Crippen LogP contribution in [0, 0.1) is 0 Å². The number of piperidine rings is 1. The molecule has 2 aromatic heterocycles. The minimum atomic E-state index is 0.0506. The van der Waals surface area contributed by atoms with E-state index < -0.39 is 0 Å². The van der Waals surface area contributed by atoms with E-state index in [4.69, 9.17) is 0 Å². The highest BCUT2D eigenvalue weighted by Crippen LogP contribution is 2.27. The lowest BCUT2D eigenvalue weighted by atomic mass is 9.96. The third-order valence-electron chi connectivity index (χ3n) is 5.28. The third kappa shape index (κ3) is 4.01. The van der Waals surface area contributed by atoms with Crippen LogP contribution in [-0.4, -0.2) is 45.0 Å². The number of fused-ring (bicyclic) bond motifs is 1. The van der Waals surface area contributed by atoms with Gasteiger partial charge >= 0.3 is 0 Å². The van der Waals surface area contributed by atoms with Crippen molar-refractivity contribution in [2.75, 3.05) is 25.0 Å². The van der Waals surface area contributed by atoms with Crippen LogP contribution in [-0.2, 0) is 11.2 Å². The molecule has 0 aliphatic carbocycles. The predicted molar refractivity (Wildman–Crippen MR) is 106 cm³/mol. The normalized spacial score (nSPS) is 15.9. The van der Waals surface area contributed by atoms with E-state index in [0.717, 1.165) is 49.5 Å². The Morgan fingerprint density at radius 2 is 2.00 bits per heavy atom. The second-order valence-corrected chi connectivity index (χ2v) is 7.14. The standard InChI is InChI=1S/C21H25N5O/c1-2-16-6-5-7-18(14-16)22-20(27)15-25-12-9-17(10-13-25)21-24-23-19-8-3-4-11-26(19)21/h3-8,11,14,17H,2,9-10,12-13,15H2,1H3,(H,22,27). The van der Waals surface area contributed by atoms with Crippen LogP contribution in [0.25, 0.3) is 5.65 Å². The number of carbonyl (C=O) groups is 1. The van der Waals surface area contributed by atoms with Gasteiger partial charge in [0, 0.05) is 17.8 Å². The van der Waals surface area contributed by atoms with Crippen molar-refractivity contribution in [3.8, 4) is 0 Å². The number of amides is 1. The molecule has 3 heterocycles. The number of likely N-dealkylation sites (tertiary alicyclic amines) is 1. The molecule has 6 nitrogen and oxygen atoms in total. The van der Waals surface area contributed by atoms with E-state index in [1.54, 1.807) is 0 Å². The Bertz CT molecular complexity index is 927. The molecule has 0 radical (unpaired) electrons. The molecule has 0 bridgehead atoms. The summed E-state index contributed by atoms with van der Waals surface area (Å²) in [5, 5.41) is 11.7. The lowest BCUT2D eigenvalue weighted by Crippen LogP contribution is -2.39.